The first-order valence-electron chi connectivity index (χ1n) is 11.9. The van der Waals surface area contributed by atoms with Crippen LogP contribution in [0.5, 0.6) is 11.5 Å². The largest absolute Gasteiger partial charge is 0.457 e. The van der Waals surface area contributed by atoms with E-state index >= 15 is 0 Å². The maximum Gasteiger partial charge on any atom is 0.155 e. The number of piperazine rings is 1. The fourth-order valence-corrected chi connectivity index (χ4v) is 4.52. The topological polar surface area (TPSA) is 57.3 Å². The Balaban J connectivity index is 1.24. The molecule has 3 aromatic carbocycles. The van der Waals surface area contributed by atoms with Gasteiger partial charge in [-0.3, -0.25) is 5.10 Å². The molecule has 6 rings (SSSR count). The summed E-state index contributed by atoms with van der Waals surface area (Å²) in [5.74, 6) is 1.61. The number of aromatic amines is 1. The van der Waals surface area contributed by atoms with E-state index in [4.69, 9.17) is 4.74 Å². The molecule has 0 atom stereocenters. The molecule has 1 aliphatic heterocycles. The van der Waals surface area contributed by atoms with Crippen LogP contribution in [0.4, 0.5) is 5.69 Å². The molecule has 2 aromatic heterocycles. The standard InChI is InChI=1S/C29H27N5O/c1-33-15-17-34(18-16-33)24-11-7-21(8-12-24)23-19-27-28(31-32-29(27)30-20-23)22-9-13-26(14-10-22)35-25-5-3-2-4-6-25/h2-14,19-20H,15-18H2,1H3,(H,30,31,32). The summed E-state index contributed by atoms with van der Waals surface area (Å²) in [5.41, 5.74) is 6.18. The van der Waals surface area contributed by atoms with E-state index in [1.165, 1.54) is 5.69 Å². The number of nitrogens with zero attached hydrogens (tertiary/aromatic N) is 4. The number of H-pyrrole nitrogens is 1. The number of hydrogen-bond donors (Lipinski definition) is 1. The quantitative estimate of drug-likeness (QED) is 0.357. The van der Waals surface area contributed by atoms with E-state index in [0.717, 1.165) is 71.1 Å². The second-order valence-electron chi connectivity index (χ2n) is 8.97. The molecule has 6 heteroatoms. The minimum atomic E-state index is 0.780. The number of rotatable bonds is 5. The van der Waals surface area contributed by atoms with Gasteiger partial charge in [0, 0.05) is 54.6 Å². The van der Waals surface area contributed by atoms with Gasteiger partial charge in [-0.25, -0.2) is 4.98 Å². The molecule has 1 saturated heterocycles. The predicted molar refractivity (Wildman–Crippen MR) is 141 cm³/mol. The highest BCUT2D eigenvalue weighted by Gasteiger charge is 2.15. The number of para-hydroxylation sites is 1. The van der Waals surface area contributed by atoms with Crippen LogP contribution >= 0.6 is 0 Å². The maximum absolute atomic E-state index is 5.93. The molecule has 6 nitrogen and oxygen atoms in total. The molecular weight excluding hydrogens is 434 g/mol. The van der Waals surface area contributed by atoms with E-state index < -0.39 is 0 Å². The van der Waals surface area contributed by atoms with Crippen molar-refractivity contribution in [2.24, 2.45) is 0 Å². The van der Waals surface area contributed by atoms with Crippen molar-refractivity contribution < 1.29 is 4.74 Å². The van der Waals surface area contributed by atoms with Gasteiger partial charge in [-0.1, -0.05) is 30.3 Å². The number of aromatic nitrogens is 3. The van der Waals surface area contributed by atoms with Gasteiger partial charge in [0.2, 0.25) is 0 Å². The van der Waals surface area contributed by atoms with E-state index in [2.05, 4.69) is 62.4 Å². The van der Waals surface area contributed by atoms with Gasteiger partial charge < -0.3 is 14.5 Å². The van der Waals surface area contributed by atoms with Crippen molar-refractivity contribution in [3.05, 3.63) is 91.1 Å². The fraction of sp³-hybridized carbons (Fsp3) is 0.172. The average Bonchev–Trinajstić information content (AvgIpc) is 3.34. The third-order valence-electron chi connectivity index (χ3n) is 6.59. The van der Waals surface area contributed by atoms with Gasteiger partial charge >= 0.3 is 0 Å². The van der Waals surface area contributed by atoms with Crippen LogP contribution in [-0.2, 0) is 0 Å². The number of anilines is 1. The molecule has 1 N–H and O–H groups in total. The Morgan fingerprint density at radius 2 is 1.43 bits per heavy atom. The minimum Gasteiger partial charge on any atom is -0.457 e. The average molecular weight is 462 g/mol. The number of hydrogen-bond acceptors (Lipinski definition) is 5. The number of nitrogens with one attached hydrogen (secondary N) is 1. The molecular formula is C29H27N5O. The first kappa shape index (κ1) is 21.4. The Bertz CT molecular complexity index is 1420. The molecule has 1 fully saturated rings. The van der Waals surface area contributed by atoms with Gasteiger partial charge in [0.05, 0.1) is 0 Å². The van der Waals surface area contributed by atoms with Crippen molar-refractivity contribution in [2.75, 3.05) is 38.1 Å². The zero-order chi connectivity index (χ0) is 23.6. The number of ether oxygens (including phenoxy) is 1. The van der Waals surface area contributed by atoms with Crippen LogP contribution in [0.1, 0.15) is 0 Å². The molecule has 0 bridgehead atoms. The maximum atomic E-state index is 5.93. The van der Waals surface area contributed by atoms with E-state index in [9.17, 15) is 0 Å². The Morgan fingerprint density at radius 3 is 2.17 bits per heavy atom. The van der Waals surface area contributed by atoms with E-state index in [0.29, 0.717) is 0 Å². The summed E-state index contributed by atoms with van der Waals surface area (Å²) in [4.78, 5) is 9.46. The number of likely N-dealkylation sites (N-methyl/N-ethyl adjacent to an activating group) is 1. The lowest BCUT2D eigenvalue weighted by atomic mass is 10.0. The minimum absolute atomic E-state index is 0.780. The van der Waals surface area contributed by atoms with Crippen LogP contribution in [0.25, 0.3) is 33.4 Å². The van der Waals surface area contributed by atoms with Crippen LogP contribution in [0.2, 0.25) is 0 Å². The Labute approximate surface area is 204 Å². The molecule has 0 unspecified atom stereocenters. The highest BCUT2D eigenvalue weighted by Crippen LogP contribution is 2.31. The third kappa shape index (κ3) is 4.48. The molecule has 35 heavy (non-hydrogen) atoms. The molecule has 174 valence electrons. The van der Waals surface area contributed by atoms with Crippen LogP contribution < -0.4 is 9.64 Å². The highest BCUT2D eigenvalue weighted by atomic mass is 16.5. The summed E-state index contributed by atoms with van der Waals surface area (Å²) in [6.45, 7) is 4.34. The first-order valence-corrected chi connectivity index (χ1v) is 11.9. The first-order chi connectivity index (χ1) is 17.2. The smallest absolute Gasteiger partial charge is 0.155 e. The highest BCUT2D eigenvalue weighted by molar-refractivity contribution is 5.93. The third-order valence-corrected chi connectivity index (χ3v) is 6.59. The van der Waals surface area contributed by atoms with Gasteiger partial charge in [0.15, 0.2) is 5.65 Å². The van der Waals surface area contributed by atoms with Crippen molar-refractivity contribution in [1.82, 2.24) is 20.1 Å². The lowest BCUT2D eigenvalue weighted by Crippen LogP contribution is -2.44. The van der Waals surface area contributed by atoms with Crippen LogP contribution in [0.3, 0.4) is 0 Å². The monoisotopic (exact) mass is 461 g/mol. The lowest BCUT2D eigenvalue weighted by Gasteiger charge is -2.34. The summed E-state index contributed by atoms with van der Waals surface area (Å²) in [6, 6.07) is 28.8. The summed E-state index contributed by atoms with van der Waals surface area (Å²) >= 11 is 0. The van der Waals surface area contributed by atoms with Crippen LogP contribution in [-0.4, -0.2) is 53.3 Å². The zero-order valence-electron chi connectivity index (χ0n) is 19.7. The zero-order valence-corrected chi connectivity index (χ0v) is 19.7. The van der Waals surface area contributed by atoms with E-state index in [1.54, 1.807) is 0 Å². The molecule has 0 radical (unpaired) electrons. The number of pyridine rings is 1. The van der Waals surface area contributed by atoms with Crippen molar-refractivity contribution >= 4 is 16.7 Å². The van der Waals surface area contributed by atoms with Gasteiger partial charge in [0.1, 0.15) is 17.2 Å². The van der Waals surface area contributed by atoms with E-state index in [-0.39, 0.29) is 0 Å². The van der Waals surface area contributed by atoms with Crippen LogP contribution in [0.15, 0.2) is 91.1 Å². The van der Waals surface area contributed by atoms with Gasteiger partial charge in [0.25, 0.3) is 0 Å². The molecule has 0 spiro atoms. The predicted octanol–water partition coefficient (Wildman–Crippen LogP) is 5.84. The molecule has 0 aliphatic carbocycles. The van der Waals surface area contributed by atoms with Crippen molar-refractivity contribution in [2.45, 2.75) is 0 Å². The second-order valence-corrected chi connectivity index (χ2v) is 8.97. The molecule has 1 aliphatic rings. The number of fused-ring (bicyclic) bond motifs is 1. The molecule has 5 aromatic rings. The normalized spacial score (nSPS) is 14.4. The summed E-state index contributed by atoms with van der Waals surface area (Å²) in [7, 11) is 2.18. The van der Waals surface area contributed by atoms with E-state index in [1.807, 2.05) is 60.8 Å². The number of benzene rings is 3. The van der Waals surface area contributed by atoms with Crippen molar-refractivity contribution in [1.29, 1.82) is 0 Å². The van der Waals surface area contributed by atoms with Crippen LogP contribution in [0, 0.1) is 0 Å². The molecule has 3 heterocycles. The van der Waals surface area contributed by atoms with Crippen molar-refractivity contribution in [3.8, 4) is 33.9 Å². The molecule has 0 amide bonds. The summed E-state index contributed by atoms with van der Waals surface area (Å²) in [6.07, 6.45) is 1.91. The SMILES string of the molecule is CN1CCN(c2ccc(-c3cnc4[nH]nc(-c5ccc(Oc6ccccc6)cc5)c4c3)cc2)CC1. The second kappa shape index (κ2) is 9.24. The Kier molecular flexibility index (Phi) is 5.64. The van der Waals surface area contributed by atoms with Gasteiger partial charge in [-0.05, 0) is 67.2 Å². The lowest BCUT2D eigenvalue weighted by molar-refractivity contribution is 0.313. The Hall–Kier alpha value is -4.16. The Morgan fingerprint density at radius 1 is 0.743 bits per heavy atom. The summed E-state index contributed by atoms with van der Waals surface area (Å²) < 4.78 is 5.93. The fourth-order valence-electron chi connectivity index (χ4n) is 4.52. The van der Waals surface area contributed by atoms with Gasteiger partial charge in [-0.2, -0.15) is 5.10 Å². The molecule has 0 saturated carbocycles. The van der Waals surface area contributed by atoms with Gasteiger partial charge in [-0.15, -0.1) is 0 Å². The van der Waals surface area contributed by atoms with Crippen molar-refractivity contribution in [3.63, 3.8) is 0 Å². The summed E-state index contributed by atoms with van der Waals surface area (Å²) in [5, 5.41) is 8.63.